The molecule has 2 fully saturated rings. The third kappa shape index (κ3) is 2.51. The van der Waals surface area contributed by atoms with Crippen molar-refractivity contribution in [3.8, 4) is 5.75 Å². The molecule has 0 radical (unpaired) electrons. The Kier molecular flexibility index (Phi) is 4.20. The summed E-state index contributed by atoms with van der Waals surface area (Å²) in [6, 6.07) is 18.4. The van der Waals surface area contributed by atoms with Crippen LogP contribution in [-0.4, -0.2) is 42.2 Å². The molecule has 28 heavy (non-hydrogen) atoms. The van der Waals surface area contributed by atoms with Crippen LogP contribution >= 0.6 is 0 Å². The number of hydrogen-bond donors (Lipinski definition) is 1. The average Bonchev–Trinajstić information content (AvgIpc) is 3.40. The molecular formula is C24H27NO3. The standard InChI is InChI=1S/C24H27NO3/c26-16-23-15-25(14-20(23)19-10-4-5-11-21(19)28-17-23)22(27)24(12-6-7-13-24)18-8-2-1-3-9-18/h1-5,8-11,20,26H,6-7,12-17H2/t20-,23-/m1/s1. The molecule has 0 unspecified atom stereocenters. The molecule has 1 saturated heterocycles. The maximum atomic E-state index is 13.9. The molecule has 1 saturated carbocycles. The van der Waals surface area contributed by atoms with Gasteiger partial charge in [-0.3, -0.25) is 4.79 Å². The topological polar surface area (TPSA) is 49.8 Å². The number of para-hydroxylation sites is 1. The Bertz CT molecular complexity index is 874. The number of nitrogens with zero attached hydrogens (tertiary/aromatic N) is 1. The SMILES string of the molecule is O=C(N1C[C@@H]2c3ccccc3OC[C@]2(CO)C1)C1(c2ccccc2)CCCC1. The van der Waals surface area contributed by atoms with Gasteiger partial charge in [-0.25, -0.2) is 0 Å². The summed E-state index contributed by atoms with van der Waals surface area (Å²) in [5.41, 5.74) is 1.45. The third-order valence-electron chi connectivity index (χ3n) is 7.25. The second-order valence-corrected chi connectivity index (χ2v) is 8.74. The smallest absolute Gasteiger partial charge is 0.233 e. The Morgan fingerprint density at radius 2 is 1.79 bits per heavy atom. The van der Waals surface area contributed by atoms with Gasteiger partial charge in [0.2, 0.25) is 5.91 Å². The molecule has 4 heteroatoms. The summed E-state index contributed by atoms with van der Waals surface area (Å²) in [5, 5.41) is 10.3. The summed E-state index contributed by atoms with van der Waals surface area (Å²) in [6.45, 7) is 1.73. The van der Waals surface area contributed by atoms with Gasteiger partial charge >= 0.3 is 0 Å². The fourth-order valence-corrected chi connectivity index (χ4v) is 5.69. The Morgan fingerprint density at radius 1 is 1.07 bits per heavy atom. The maximum Gasteiger partial charge on any atom is 0.233 e. The van der Waals surface area contributed by atoms with Gasteiger partial charge in [0.1, 0.15) is 5.75 Å². The number of ether oxygens (including phenoxy) is 1. The van der Waals surface area contributed by atoms with Gasteiger partial charge in [-0.05, 0) is 30.0 Å². The highest BCUT2D eigenvalue weighted by Crippen LogP contribution is 2.51. The van der Waals surface area contributed by atoms with Crippen molar-refractivity contribution in [2.24, 2.45) is 5.41 Å². The molecule has 2 aromatic rings. The summed E-state index contributed by atoms with van der Waals surface area (Å²) >= 11 is 0. The number of aliphatic hydroxyl groups is 1. The molecule has 0 spiro atoms. The van der Waals surface area contributed by atoms with Crippen molar-refractivity contribution < 1.29 is 14.6 Å². The second-order valence-electron chi connectivity index (χ2n) is 8.74. The summed E-state index contributed by atoms with van der Waals surface area (Å²) in [7, 11) is 0. The number of aliphatic hydroxyl groups excluding tert-OH is 1. The van der Waals surface area contributed by atoms with Crippen molar-refractivity contribution in [1.82, 2.24) is 4.90 Å². The van der Waals surface area contributed by atoms with E-state index in [1.807, 2.05) is 41.3 Å². The molecule has 1 amide bonds. The number of amides is 1. The van der Waals surface area contributed by atoms with Crippen molar-refractivity contribution in [2.75, 3.05) is 26.3 Å². The van der Waals surface area contributed by atoms with Crippen LogP contribution in [0.5, 0.6) is 5.75 Å². The molecule has 1 N–H and O–H groups in total. The summed E-state index contributed by atoms with van der Waals surface area (Å²) in [5.74, 6) is 1.25. The van der Waals surface area contributed by atoms with Crippen molar-refractivity contribution >= 4 is 5.91 Å². The van der Waals surface area contributed by atoms with Crippen LogP contribution in [0.3, 0.4) is 0 Å². The van der Waals surface area contributed by atoms with Crippen LogP contribution in [0.2, 0.25) is 0 Å². The van der Waals surface area contributed by atoms with Crippen LogP contribution in [0.15, 0.2) is 54.6 Å². The van der Waals surface area contributed by atoms with Gasteiger partial charge in [-0.1, -0.05) is 61.4 Å². The molecule has 2 aromatic carbocycles. The number of benzene rings is 2. The predicted molar refractivity (Wildman–Crippen MR) is 107 cm³/mol. The first-order valence-corrected chi connectivity index (χ1v) is 10.4. The first-order chi connectivity index (χ1) is 13.7. The molecule has 1 aliphatic carbocycles. The van der Waals surface area contributed by atoms with Crippen LogP contribution < -0.4 is 4.74 Å². The van der Waals surface area contributed by atoms with Gasteiger partial charge in [0.05, 0.1) is 24.0 Å². The number of carbonyl (C=O) groups is 1. The number of hydrogen-bond acceptors (Lipinski definition) is 3. The molecule has 5 rings (SSSR count). The van der Waals surface area contributed by atoms with E-state index in [4.69, 9.17) is 4.74 Å². The Morgan fingerprint density at radius 3 is 2.54 bits per heavy atom. The fourth-order valence-electron chi connectivity index (χ4n) is 5.69. The van der Waals surface area contributed by atoms with Crippen molar-refractivity contribution in [1.29, 1.82) is 0 Å². The molecule has 0 aromatic heterocycles. The molecule has 0 bridgehead atoms. The normalized spacial score (nSPS) is 27.8. The molecular weight excluding hydrogens is 350 g/mol. The monoisotopic (exact) mass is 377 g/mol. The molecule has 2 atom stereocenters. The molecule has 2 aliphatic heterocycles. The third-order valence-corrected chi connectivity index (χ3v) is 7.25. The van der Waals surface area contributed by atoms with E-state index in [-0.39, 0.29) is 18.4 Å². The van der Waals surface area contributed by atoms with E-state index in [2.05, 4.69) is 18.2 Å². The highest BCUT2D eigenvalue weighted by molar-refractivity contribution is 5.89. The van der Waals surface area contributed by atoms with E-state index < -0.39 is 10.8 Å². The van der Waals surface area contributed by atoms with Crippen LogP contribution in [0.25, 0.3) is 0 Å². The summed E-state index contributed by atoms with van der Waals surface area (Å²) in [6.07, 6.45) is 4.01. The summed E-state index contributed by atoms with van der Waals surface area (Å²) in [4.78, 5) is 15.9. The fraction of sp³-hybridized carbons (Fsp3) is 0.458. The maximum absolute atomic E-state index is 13.9. The van der Waals surface area contributed by atoms with E-state index in [9.17, 15) is 9.90 Å². The van der Waals surface area contributed by atoms with Crippen molar-refractivity contribution in [3.05, 3.63) is 65.7 Å². The lowest BCUT2D eigenvalue weighted by atomic mass is 9.74. The van der Waals surface area contributed by atoms with Crippen LogP contribution in [0.1, 0.15) is 42.7 Å². The van der Waals surface area contributed by atoms with E-state index in [0.717, 1.165) is 42.6 Å². The van der Waals surface area contributed by atoms with Crippen LogP contribution in [0.4, 0.5) is 0 Å². The van der Waals surface area contributed by atoms with Crippen molar-refractivity contribution in [2.45, 2.75) is 37.0 Å². The highest BCUT2D eigenvalue weighted by Gasteiger charge is 2.55. The van der Waals surface area contributed by atoms with Gasteiger partial charge in [0.25, 0.3) is 0 Å². The van der Waals surface area contributed by atoms with Gasteiger partial charge < -0.3 is 14.7 Å². The number of likely N-dealkylation sites (tertiary alicyclic amines) is 1. The Balaban J connectivity index is 1.50. The van der Waals surface area contributed by atoms with E-state index in [0.29, 0.717) is 19.7 Å². The minimum Gasteiger partial charge on any atom is -0.493 e. The zero-order chi connectivity index (χ0) is 19.2. The van der Waals surface area contributed by atoms with Crippen LogP contribution in [-0.2, 0) is 10.2 Å². The quantitative estimate of drug-likeness (QED) is 0.891. The van der Waals surface area contributed by atoms with E-state index >= 15 is 0 Å². The Hall–Kier alpha value is -2.33. The van der Waals surface area contributed by atoms with E-state index in [1.165, 1.54) is 0 Å². The number of rotatable bonds is 3. The minimum atomic E-state index is -0.411. The highest BCUT2D eigenvalue weighted by atomic mass is 16.5. The second kappa shape index (κ2) is 6.63. The Labute approximate surface area is 166 Å². The summed E-state index contributed by atoms with van der Waals surface area (Å²) < 4.78 is 6.00. The predicted octanol–water partition coefficient (Wildman–Crippen LogP) is 3.50. The van der Waals surface area contributed by atoms with Gasteiger partial charge in [0, 0.05) is 19.0 Å². The minimum absolute atomic E-state index is 0.0358. The molecule has 146 valence electrons. The lowest BCUT2D eigenvalue weighted by Gasteiger charge is -2.38. The first-order valence-electron chi connectivity index (χ1n) is 10.4. The number of fused-ring (bicyclic) bond motifs is 3. The largest absolute Gasteiger partial charge is 0.493 e. The molecule has 2 heterocycles. The zero-order valence-corrected chi connectivity index (χ0v) is 16.1. The van der Waals surface area contributed by atoms with Gasteiger partial charge in [0.15, 0.2) is 0 Å². The van der Waals surface area contributed by atoms with Crippen molar-refractivity contribution in [3.63, 3.8) is 0 Å². The van der Waals surface area contributed by atoms with Crippen LogP contribution in [0, 0.1) is 5.41 Å². The lowest BCUT2D eigenvalue weighted by molar-refractivity contribution is -0.137. The average molecular weight is 377 g/mol. The molecule has 3 aliphatic rings. The van der Waals surface area contributed by atoms with E-state index in [1.54, 1.807) is 0 Å². The number of carbonyl (C=O) groups excluding carboxylic acids is 1. The lowest BCUT2D eigenvalue weighted by Crippen LogP contribution is -2.46. The van der Waals surface area contributed by atoms with Gasteiger partial charge in [-0.2, -0.15) is 0 Å². The zero-order valence-electron chi connectivity index (χ0n) is 16.1. The first kappa shape index (κ1) is 17.7. The van der Waals surface area contributed by atoms with Gasteiger partial charge in [-0.15, -0.1) is 0 Å². The molecule has 4 nitrogen and oxygen atoms in total.